The molecular weight excluding hydrogens is 402 g/mol. The van der Waals surface area contributed by atoms with E-state index in [2.05, 4.69) is 0 Å². The second-order valence-corrected chi connectivity index (χ2v) is 8.95. The zero-order chi connectivity index (χ0) is 21.0. The molecule has 30 heavy (non-hydrogen) atoms. The molecule has 3 aromatic rings. The molecule has 5 rings (SSSR count). The van der Waals surface area contributed by atoms with Gasteiger partial charge < -0.3 is 9.15 Å². The van der Waals surface area contributed by atoms with Gasteiger partial charge in [0.15, 0.2) is 4.87 Å². The van der Waals surface area contributed by atoms with E-state index in [4.69, 9.17) is 9.15 Å². The molecule has 152 valence electrons. The van der Waals surface area contributed by atoms with Gasteiger partial charge in [-0.25, -0.2) is 9.59 Å². The monoisotopic (exact) mass is 421 g/mol. The van der Waals surface area contributed by atoms with Crippen LogP contribution < -0.4 is 10.5 Å². The lowest BCUT2D eigenvalue weighted by atomic mass is 10.0. The third kappa shape index (κ3) is 2.69. The molecule has 2 aliphatic rings. The number of ether oxygens (including phenoxy) is 1. The van der Waals surface area contributed by atoms with Crippen molar-refractivity contribution in [3.8, 4) is 0 Å². The zero-order valence-electron chi connectivity index (χ0n) is 16.6. The minimum absolute atomic E-state index is 0.0654. The molecule has 0 spiro atoms. The number of aryl methyl sites for hydroxylation is 2. The third-order valence-electron chi connectivity index (χ3n) is 5.87. The molecule has 0 bridgehead atoms. The van der Waals surface area contributed by atoms with Gasteiger partial charge in [-0.05, 0) is 37.1 Å². The van der Waals surface area contributed by atoms with E-state index < -0.39 is 16.5 Å². The SMILES string of the molecule is Cc1ccc2c(COC(=O)C34CCC(=O)N3c3ccccc3S4)cc(=O)oc2c1C. The molecule has 0 radical (unpaired) electrons. The molecule has 3 heterocycles. The second kappa shape index (κ2) is 6.74. The lowest BCUT2D eigenvalue weighted by molar-refractivity contribution is -0.148. The van der Waals surface area contributed by atoms with Crippen LogP contribution in [0.25, 0.3) is 11.0 Å². The molecular formula is C23H19NO5S. The lowest BCUT2D eigenvalue weighted by Crippen LogP contribution is -2.47. The average molecular weight is 421 g/mol. The van der Waals surface area contributed by atoms with Gasteiger partial charge in [-0.15, -0.1) is 0 Å². The van der Waals surface area contributed by atoms with Crippen LogP contribution in [0.15, 0.2) is 56.6 Å². The van der Waals surface area contributed by atoms with Crippen molar-refractivity contribution in [2.75, 3.05) is 4.90 Å². The first-order chi connectivity index (χ1) is 14.4. The van der Waals surface area contributed by atoms with Crippen LogP contribution in [-0.4, -0.2) is 16.7 Å². The van der Waals surface area contributed by atoms with Crippen LogP contribution in [0.4, 0.5) is 5.69 Å². The molecule has 1 unspecified atom stereocenters. The number of hydrogen-bond donors (Lipinski definition) is 0. The highest BCUT2D eigenvalue weighted by molar-refractivity contribution is 8.02. The van der Waals surface area contributed by atoms with E-state index in [1.165, 1.54) is 17.8 Å². The van der Waals surface area contributed by atoms with Crippen molar-refractivity contribution in [3.05, 3.63) is 69.6 Å². The van der Waals surface area contributed by atoms with Gasteiger partial charge in [0.2, 0.25) is 5.91 Å². The molecule has 0 aliphatic carbocycles. The zero-order valence-corrected chi connectivity index (χ0v) is 17.4. The normalized spacial score (nSPS) is 19.8. The number of nitrogens with zero attached hydrogens (tertiary/aromatic N) is 1. The Morgan fingerprint density at radius 3 is 2.83 bits per heavy atom. The van der Waals surface area contributed by atoms with Gasteiger partial charge in [-0.1, -0.05) is 36.0 Å². The number of esters is 1. The van der Waals surface area contributed by atoms with Crippen LogP contribution in [0, 0.1) is 13.8 Å². The summed E-state index contributed by atoms with van der Waals surface area (Å²) in [6.07, 6.45) is 0.687. The fraction of sp³-hybridized carbons (Fsp3) is 0.261. The van der Waals surface area contributed by atoms with Crippen LogP contribution in [0.5, 0.6) is 0 Å². The van der Waals surface area contributed by atoms with Crippen LogP contribution >= 0.6 is 11.8 Å². The van der Waals surface area contributed by atoms with Gasteiger partial charge in [0.05, 0.1) is 5.69 Å². The molecule has 2 aromatic carbocycles. The van der Waals surface area contributed by atoms with Gasteiger partial charge in [0.1, 0.15) is 12.2 Å². The Kier molecular flexibility index (Phi) is 4.25. The van der Waals surface area contributed by atoms with Gasteiger partial charge in [0.25, 0.3) is 0 Å². The van der Waals surface area contributed by atoms with Crippen LogP contribution in [-0.2, 0) is 20.9 Å². The lowest BCUT2D eigenvalue weighted by Gasteiger charge is -2.28. The van der Waals surface area contributed by atoms with E-state index in [1.54, 1.807) is 4.90 Å². The van der Waals surface area contributed by atoms with Gasteiger partial charge >= 0.3 is 11.6 Å². The molecule has 1 saturated heterocycles. The topological polar surface area (TPSA) is 76.8 Å². The maximum absolute atomic E-state index is 13.2. The number of thioether (sulfide) groups is 1. The first-order valence-corrected chi connectivity index (χ1v) is 10.5. The van der Waals surface area contributed by atoms with Crippen molar-refractivity contribution < 1.29 is 18.7 Å². The van der Waals surface area contributed by atoms with Crippen molar-refractivity contribution in [1.82, 2.24) is 0 Å². The Morgan fingerprint density at radius 2 is 2.00 bits per heavy atom. The number of rotatable bonds is 3. The molecule has 1 atom stereocenters. The van der Waals surface area contributed by atoms with Crippen molar-refractivity contribution in [3.63, 3.8) is 0 Å². The van der Waals surface area contributed by atoms with E-state index in [-0.39, 0.29) is 12.5 Å². The minimum Gasteiger partial charge on any atom is -0.458 e. The van der Waals surface area contributed by atoms with Crippen molar-refractivity contribution in [1.29, 1.82) is 0 Å². The number of benzene rings is 2. The van der Waals surface area contributed by atoms with Crippen molar-refractivity contribution in [2.45, 2.75) is 43.1 Å². The Balaban J connectivity index is 1.47. The quantitative estimate of drug-likeness (QED) is 0.468. The molecule has 7 heteroatoms. The summed E-state index contributed by atoms with van der Waals surface area (Å²) in [5.41, 5.74) is 3.25. The summed E-state index contributed by atoms with van der Waals surface area (Å²) in [7, 11) is 0. The molecule has 1 amide bonds. The first-order valence-electron chi connectivity index (χ1n) is 9.72. The van der Waals surface area contributed by atoms with Crippen LogP contribution in [0.2, 0.25) is 0 Å². The maximum atomic E-state index is 13.2. The number of amides is 1. The number of carbonyl (C=O) groups excluding carboxylic acids is 2. The first kappa shape index (κ1) is 18.9. The Labute approximate surface area is 176 Å². The molecule has 1 fully saturated rings. The highest BCUT2D eigenvalue weighted by atomic mass is 32.2. The van der Waals surface area contributed by atoms with Crippen LogP contribution in [0.1, 0.15) is 29.5 Å². The van der Waals surface area contributed by atoms with Gasteiger partial charge in [-0.3, -0.25) is 9.69 Å². The van der Waals surface area contributed by atoms with Gasteiger partial charge in [-0.2, -0.15) is 0 Å². The molecule has 2 aliphatic heterocycles. The fourth-order valence-electron chi connectivity index (χ4n) is 4.17. The van der Waals surface area contributed by atoms with E-state index in [9.17, 15) is 14.4 Å². The number of carbonyl (C=O) groups is 2. The molecule has 6 nitrogen and oxygen atoms in total. The highest BCUT2D eigenvalue weighted by Gasteiger charge is 2.58. The minimum atomic E-state index is -1.08. The number of hydrogen-bond acceptors (Lipinski definition) is 6. The summed E-state index contributed by atoms with van der Waals surface area (Å²) in [4.78, 5) is 39.2. The number of fused-ring (bicyclic) bond motifs is 4. The van der Waals surface area contributed by atoms with E-state index >= 15 is 0 Å². The molecule has 1 aromatic heterocycles. The molecule has 0 saturated carbocycles. The Hall–Kier alpha value is -3.06. The number of anilines is 1. The Bertz CT molecular complexity index is 1280. The number of para-hydroxylation sites is 1. The standard InChI is InChI=1S/C23H19NO5S/c1-13-7-8-16-15(11-20(26)29-21(16)14(13)2)12-28-22(27)23-10-9-19(25)24(23)17-5-3-4-6-18(17)30-23/h3-8,11H,9-10,12H2,1-2H3. The predicted octanol–water partition coefficient (Wildman–Crippen LogP) is 4.08. The van der Waals surface area contributed by atoms with E-state index in [0.29, 0.717) is 24.0 Å². The van der Waals surface area contributed by atoms with Crippen molar-refractivity contribution >= 4 is 40.3 Å². The van der Waals surface area contributed by atoms with Crippen LogP contribution in [0.3, 0.4) is 0 Å². The Morgan fingerprint density at radius 1 is 1.20 bits per heavy atom. The summed E-state index contributed by atoms with van der Waals surface area (Å²) in [6, 6.07) is 12.7. The molecule has 0 N–H and O–H groups in total. The average Bonchev–Trinajstić information content (AvgIpc) is 3.24. The summed E-state index contributed by atoms with van der Waals surface area (Å²) in [5.74, 6) is -0.555. The highest BCUT2D eigenvalue weighted by Crippen LogP contribution is 2.56. The smallest absolute Gasteiger partial charge is 0.343 e. The maximum Gasteiger partial charge on any atom is 0.343 e. The predicted molar refractivity (Wildman–Crippen MR) is 114 cm³/mol. The van der Waals surface area contributed by atoms with Gasteiger partial charge in [0, 0.05) is 34.8 Å². The summed E-state index contributed by atoms with van der Waals surface area (Å²) in [6.45, 7) is 3.77. The van der Waals surface area contributed by atoms with E-state index in [1.807, 2.05) is 50.2 Å². The van der Waals surface area contributed by atoms with Crippen molar-refractivity contribution in [2.24, 2.45) is 0 Å². The summed E-state index contributed by atoms with van der Waals surface area (Å²) < 4.78 is 11.1. The third-order valence-corrected chi connectivity index (χ3v) is 7.32. The summed E-state index contributed by atoms with van der Waals surface area (Å²) >= 11 is 1.36. The summed E-state index contributed by atoms with van der Waals surface area (Å²) in [5, 5.41) is 0.740. The van der Waals surface area contributed by atoms with E-state index in [0.717, 1.165) is 27.1 Å². The fourth-order valence-corrected chi connectivity index (χ4v) is 5.58. The second-order valence-electron chi connectivity index (χ2n) is 7.63. The largest absolute Gasteiger partial charge is 0.458 e.